The average molecular weight is 216 g/mol. The average Bonchev–Trinajstić information content (AvgIpc) is 2.16. The van der Waals surface area contributed by atoms with E-state index < -0.39 is 18.0 Å². The van der Waals surface area contributed by atoms with Crippen LogP contribution in [-0.4, -0.2) is 29.2 Å². The standard InChI is InChI=1S/C10H20N2O3/c1-4-6-8(5-2)12-10(15)11-7(3)9(13)14/h7-8H,4-6H2,1-3H3,(H,13,14)(H2,11,12,15)/t7-,8?/m0/s1. The van der Waals surface area contributed by atoms with E-state index in [0.717, 1.165) is 19.3 Å². The smallest absolute Gasteiger partial charge is 0.325 e. The first-order valence-electron chi connectivity index (χ1n) is 5.31. The molecule has 0 heterocycles. The summed E-state index contributed by atoms with van der Waals surface area (Å²) in [5, 5.41) is 13.7. The van der Waals surface area contributed by atoms with Gasteiger partial charge < -0.3 is 15.7 Å². The van der Waals surface area contributed by atoms with E-state index in [9.17, 15) is 9.59 Å². The highest BCUT2D eigenvalue weighted by atomic mass is 16.4. The second-order valence-electron chi connectivity index (χ2n) is 3.57. The molecular formula is C10H20N2O3. The van der Waals surface area contributed by atoms with Gasteiger partial charge in [0, 0.05) is 6.04 Å². The van der Waals surface area contributed by atoms with Gasteiger partial charge >= 0.3 is 12.0 Å². The number of hydrogen-bond donors (Lipinski definition) is 3. The van der Waals surface area contributed by atoms with Crippen LogP contribution in [0.2, 0.25) is 0 Å². The Hall–Kier alpha value is -1.26. The molecule has 3 N–H and O–H groups in total. The molecule has 0 aromatic rings. The van der Waals surface area contributed by atoms with Crippen molar-refractivity contribution in [3.8, 4) is 0 Å². The van der Waals surface area contributed by atoms with Gasteiger partial charge in [0.25, 0.3) is 0 Å². The number of carbonyl (C=O) groups excluding carboxylic acids is 1. The molecule has 0 radical (unpaired) electrons. The molecule has 5 heteroatoms. The molecular weight excluding hydrogens is 196 g/mol. The van der Waals surface area contributed by atoms with Crippen LogP contribution < -0.4 is 10.6 Å². The van der Waals surface area contributed by atoms with Crippen molar-refractivity contribution < 1.29 is 14.7 Å². The van der Waals surface area contributed by atoms with Crippen LogP contribution in [0.3, 0.4) is 0 Å². The third kappa shape index (κ3) is 5.93. The Morgan fingerprint density at radius 2 is 1.87 bits per heavy atom. The molecule has 1 unspecified atom stereocenters. The van der Waals surface area contributed by atoms with Gasteiger partial charge in [-0.25, -0.2) is 4.79 Å². The van der Waals surface area contributed by atoms with Crippen molar-refractivity contribution in [3.05, 3.63) is 0 Å². The SMILES string of the molecule is CCCC(CC)NC(=O)N[C@@H](C)C(=O)O. The normalized spacial score (nSPS) is 14.1. The maximum absolute atomic E-state index is 11.3. The second kappa shape index (κ2) is 7.09. The zero-order valence-corrected chi connectivity index (χ0v) is 9.54. The van der Waals surface area contributed by atoms with Crippen LogP contribution >= 0.6 is 0 Å². The van der Waals surface area contributed by atoms with E-state index in [4.69, 9.17) is 5.11 Å². The highest BCUT2D eigenvalue weighted by Crippen LogP contribution is 2.00. The van der Waals surface area contributed by atoms with Crippen LogP contribution in [0.5, 0.6) is 0 Å². The molecule has 5 nitrogen and oxygen atoms in total. The largest absolute Gasteiger partial charge is 0.480 e. The highest BCUT2D eigenvalue weighted by Gasteiger charge is 2.15. The number of amides is 2. The summed E-state index contributed by atoms with van der Waals surface area (Å²) in [6.07, 6.45) is 2.75. The van der Waals surface area contributed by atoms with Crippen LogP contribution in [-0.2, 0) is 4.79 Å². The summed E-state index contributed by atoms with van der Waals surface area (Å²) in [5.41, 5.74) is 0. The molecule has 0 saturated heterocycles. The molecule has 0 aromatic carbocycles. The Morgan fingerprint density at radius 3 is 2.27 bits per heavy atom. The van der Waals surface area contributed by atoms with Crippen molar-refractivity contribution in [3.63, 3.8) is 0 Å². The Bertz CT molecular complexity index is 219. The molecule has 88 valence electrons. The van der Waals surface area contributed by atoms with Crippen molar-refractivity contribution in [1.29, 1.82) is 0 Å². The molecule has 0 aromatic heterocycles. The van der Waals surface area contributed by atoms with Crippen molar-refractivity contribution in [1.82, 2.24) is 10.6 Å². The summed E-state index contributed by atoms with van der Waals surface area (Å²) in [4.78, 5) is 21.8. The Labute approximate surface area is 90.2 Å². The van der Waals surface area contributed by atoms with E-state index in [-0.39, 0.29) is 6.04 Å². The molecule has 0 aliphatic rings. The fourth-order valence-corrected chi connectivity index (χ4v) is 1.21. The predicted octanol–water partition coefficient (Wildman–Crippen LogP) is 1.34. The number of aliphatic carboxylic acids is 1. The highest BCUT2D eigenvalue weighted by molar-refractivity contribution is 5.82. The van der Waals surface area contributed by atoms with Gasteiger partial charge in [-0.05, 0) is 19.8 Å². The topological polar surface area (TPSA) is 78.4 Å². The van der Waals surface area contributed by atoms with Crippen LogP contribution in [0.1, 0.15) is 40.0 Å². The zero-order chi connectivity index (χ0) is 11.8. The van der Waals surface area contributed by atoms with E-state index in [1.54, 1.807) is 0 Å². The minimum atomic E-state index is -1.03. The first-order valence-corrected chi connectivity index (χ1v) is 5.31. The zero-order valence-electron chi connectivity index (χ0n) is 9.54. The van der Waals surface area contributed by atoms with Crippen LogP contribution in [0.4, 0.5) is 4.79 Å². The second-order valence-corrected chi connectivity index (χ2v) is 3.57. The first kappa shape index (κ1) is 13.7. The minimum absolute atomic E-state index is 0.121. The maximum Gasteiger partial charge on any atom is 0.325 e. The predicted molar refractivity (Wildman–Crippen MR) is 57.8 cm³/mol. The lowest BCUT2D eigenvalue weighted by Gasteiger charge is -2.17. The molecule has 0 aliphatic carbocycles. The van der Waals surface area contributed by atoms with Crippen LogP contribution in [0.15, 0.2) is 0 Å². The molecule has 0 rings (SSSR count). The van der Waals surface area contributed by atoms with Gasteiger partial charge in [0.15, 0.2) is 0 Å². The summed E-state index contributed by atoms with van der Waals surface area (Å²) in [6.45, 7) is 5.46. The monoisotopic (exact) mass is 216 g/mol. The molecule has 15 heavy (non-hydrogen) atoms. The summed E-state index contributed by atoms with van der Waals surface area (Å²) in [5.74, 6) is -1.03. The van der Waals surface area contributed by atoms with E-state index in [1.165, 1.54) is 6.92 Å². The number of carboxylic acid groups (broad SMARTS) is 1. The molecule has 2 atom stereocenters. The molecule has 0 fully saturated rings. The van der Waals surface area contributed by atoms with E-state index in [1.807, 2.05) is 13.8 Å². The Kier molecular flexibility index (Phi) is 6.49. The summed E-state index contributed by atoms with van der Waals surface area (Å²) >= 11 is 0. The molecule has 0 saturated carbocycles. The van der Waals surface area contributed by atoms with Crippen LogP contribution in [0, 0.1) is 0 Å². The maximum atomic E-state index is 11.3. The first-order chi connectivity index (χ1) is 7.01. The van der Waals surface area contributed by atoms with Crippen molar-refractivity contribution in [2.24, 2.45) is 0 Å². The van der Waals surface area contributed by atoms with Gasteiger partial charge in [-0.2, -0.15) is 0 Å². The van der Waals surface area contributed by atoms with Gasteiger partial charge in [0.05, 0.1) is 0 Å². The summed E-state index contributed by atoms with van der Waals surface area (Å²) < 4.78 is 0. The molecule has 0 aliphatic heterocycles. The van der Waals surface area contributed by atoms with Crippen molar-refractivity contribution >= 4 is 12.0 Å². The lowest BCUT2D eigenvalue weighted by atomic mass is 10.1. The van der Waals surface area contributed by atoms with E-state index >= 15 is 0 Å². The Morgan fingerprint density at radius 1 is 1.27 bits per heavy atom. The third-order valence-corrected chi connectivity index (χ3v) is 2.18. The number of urea groups is 1. The number of nitrogens with one attached hydrogen (secondary N) is 2. The molecule has 0 spiro atoms. The minimum Gasteiger partial charge on any atom is -0.480 e. The summed E-state index contributed by atoms with van der Waals surface area (Å²) in [6, 6.07) is -1.15. The van der Waals surface area contributed by atoms with E-state index in [2.05, 4.69) is 10.6 Å². The number of carboxylic acids is 1. The summed E-state index contributed by atoms with van der Waals surface area (Å²) in [7, 11) is 0. The lowest BCUT2D eigenvalue weighted by Crippen LogP contribution is -2.47. The Balaban J connectivity index is 3.95. The van der Waals surface area contributed by atoms with Crippen molar-refractivity contribution in [2.45, 2.75) is 52.1 Å². The number of rotatable bonds is 6. The van der Waals surface area contributed by atoms with Gasteiger partial charge in [-0.1, -0.05) is 20.3 Å². The van der Waals surface area contributed by atoms with Crippen molar-refractivity contribution in [2.75, 3.05) is 0 Å². The lowest BCUT2D eigenvalue weighted by molar-refractivity contribution is -0.138. The fraction of sp³-hybridized carbons (Fsp3) is 0.800. The van der Waals surface area contributed by atoms with Gasteiger partial charge in [0.2, 0.25) is 0 Å². The quantitative estimate of drug-likeness (QED) is 0.627. The fourth-order valence-electron chi connectivity index (χ4n) is 1.21. The third-order valence-electron chi connectivity index (χ3n) is 2.18. The number of carbonyl (C=O) groups is 2. The van der Waals surface area contributed by atoms with Gasteiger partial charge in [-0.3, -0.25) is 4.79 Å². The molecule has 0 bridgehead atoms. The number of hydrogen-bond acceptors (Lipinski definition) is 2. The van der Waals surface area contributed by atoms with E-state index in [0.29, 0.717) is 0 Å². The van der Waals surface area contributed by atoms with Gasteiger partial charge in [-0.15, -0.1) is 0 Å². The molecule has 2 amide bonds. The van der Waals surface area contributed by atoms with Gasteiger partial charge in [0.1, 0.15) is 6.04 Å². The van der Waals surface area contributed by atoms with Crippen LogP contribution in [0.25, 0.3) is 0 Å².